The third-order valence-corrected chi connectivity index (χ3v) is 7.55. The number of ether oxygens (including phenoxy) is 1. The number of nitrogens with one attached hydrogen (secondary N) is 1. The van der Waals surface area contributed by atoms with Crippen LogP contribution in [0.4, 0.5) is 0 Å². The van der Waals surface area contributed by atoms with Crippen LogP contribution in [0.15, 0.2) is 23.1 Å². The van der Waals surface area contributed by atoms with Gasteiger partial charge in [-0.25, -0.2) is 8.42 Å². The topological polar surface area (TPSA) is 75.7 Å². The average Bonchev–Trinajstić information content (AvgIpc) is 2.68. The van der Waals surface area contributed by atoms with Gasteiger partial charge < -0.3 is 10.1 Å². The zero-order chi connectivity index (χ0) is 19.4. The highest BCUT2D eigenvalue weighted by atomic mass is 32.2. The van der Waals surface area contributed by atoms with Crippen LogP contribution in [-0.4, -0.2) is 51.0 Å². The zero-order valence-electron chi connectivity index (χ0n) is 16.2. The molecule has 1 amide bonds. The summed E-state index contributed by atoms with van der Waals surface area (Å²) in [5.41, 5.74) is 1.15. The lowest BCUT2D eigenvalue weighted by atomic mass is 9.87. The second-order valence-corrected chi connectivity index (χ2v) is 9.54. The molecule has 0 spiro atoms. The van der Waals surface area contributed by atoms with Crippen molar-refractivity contribution >= 4 is 15.9 Å². The second kappa shape index (κ2) is 8.71. The lowest BCUT2D eigenvalue weighted by molar-refractivity contribution is 0.0730. The van der Waals surface area contributed by atoms with E-state index >= 15 is 0 Å². The van der Waals surface area contributed by atoms with Gasteiger partial charge in [0.1, 0.15) is 0 Å². The molecule has 2 fully saturated rings. The first kappa shape index (κ1) is 20.3. The molecule has 1 aromatic carbocycles. The first-order chi connectivity index (χ1) is 12.9. The van der Waals surface area contributed by atoms with Crippen LogP contribution < -0.4 is 5.32 Å². The molecule has 3 rings (SSSR count). The molecule has 6 nitrogen and oxygen atoms in total. The molecule has 150 valence electrons. The highest BCUT2D eigenvalue weighted by Crippen LogP contribution is 2.26. The number of rotatable bonds is 5. The Labute approximate surface area is 162 Å². The molecule has 2 atom stereocenters. The Hall–Kier alpha value is -1.44. The Morgan fingerprint density at radius 3 is 2.67 bits per heavy atom. The third-order valence-electron chi connectivity index (χ3n) is 5.57. The van der Waals surface area contributed by atoms with E-state index in [9.17, 15) is 13.2 Å². The Kier molecular flexibility index (Phi) is 6.55. The summed E-state index contributed by atoms with van der Waals surface area (Å²) in [4.78, 5) is 13.0. The van der Waals surface area contributed by atoms with Gasteiger partial charge in [-0.1, -0.05) is 32.8 Å². The minimum atomic E-state index is -3.63. The van der Waals surface area contributed by atoms with E-state index in [0.717, 1.165) is 24.8 Å². The van der Waals surface area contributed by atoms with Crippen LogP contribution in [-0.2, 0) is 21.2 Å². The molecule has 7 heteroatoms. The Balaban J connectivity index is 1.83. The molecule has 27 heavy (non-hydrogen) atoms. The summed E-state index contributed by atoms with van der Waals surface area (Å²) in [7, 11) is -3.63. The number of hydrogen-bond donors (Lipinski definition) is 1. The summed E-state index contributed by atoms with van der Waals surface area (Å²) >= 11 is 0. The molecule has 1 aromatic rings. The van der Waals surface area contributed by atoms with Crippen LogP contribution in [0.5, 0.6) is 0 Å². The minimum Gasteiger partial charge on any atom is -0.379 e. The summed E-state index contributed by atoms with van der Waals surface area (Å²) in [5.74, 6) is 0.430. The van der Waals surface area contributed by atoms with Crippen molar-refractivity contribution in [3.05, 3.63) is 29.3 Å². The van der Waals surface area contributed by atoms with Crippen LogP contribution >= 0.6 is 0 Å². The summed E-state index contributed by atoms with van der Waals surface area (Å²) < 4.78 is 33.0. The van der Waals surface area contributed by atoms with E-state index < -0.39 is 10.0 Å². The van der Waals surface area contributed by atoms with Crippen LogP contribution in [0.2, 0.25) is 0 Å². The number of carbonyl (C=O) groups is 1. The van der Waals surface area contributed by atoms with Gasteiger partial charge in [0.25, 0.3) is 5.91 Å². The van der Waals surface area contributed by atoms with E-state index in [1.807, 2.05) is 6.92 Å². The van der Waals surface area contributed by atoms with Gasteiger partial charge in [-0.15, -0.1) is 0 Å². The second-order valence-electron chi connectivity index (χ2n) is 7.63. The van der Waals surface area contributed by atoms with Gasteiger partial charge in [0.2, 0.25) is 10.0 Å². The molecule has 1 saturated carbocycles. The smallest absolute Gasteiger partial charge is 0.251 e. The lowest BCUT2D eigenvalue weighted by Crippen LogP contribution is -2.41. The summed E-state index contributed by atoms with van der Waals surface area (Å²) in [6, 6.07) is 5.22. The van der Waals surface area contributed by atoms with E-state index in [-0.39, 0.29) is 16.8 Å². The number of benzene rings is 1. The number of morpholine rings is 1. The van der Waals surface area contributed by atoms with Crippen LogP contribution in [0, 0.1) is 5.92 Å². The van der Waals surface area contributed by atoms with Crippen LogP contribution in [0.3, 0.4) is 0 Å². The summed E-state index contributed by atoms with van der Waals surface area (Å²) in [6.07, 6.45) is 4.90. The van der Waals surface area contributed by atoms with Crippen molar-refractivity contribution < 1.29 is 17.9 Å². The maximum absolute atomic E-state index is 13.1. The fraction of sp³-hybridized carbons (Fsp3) is 0.650. The van der Waals surface area contributed by atoms with Gasteiger partial charge >= 0.3 is 0 Å². The first-order valence-corrected chi connectivity index (χ1v) is 11.4. The SMILES string of the molecule is CCc1ccc(C(=O)NC2CCCC(C)C2)cc1S(=O)(=O)N1CCOCC1. The molecule has 1 aliphatic carbocycles. The fourth-order valence-electron chi connectivity index (χ4n) is 3.99. The number of hydrogen-bond acceptors (Lipinski definition) is 4. The Bertz CT molecular complexity index is 772. The molecule has 2 aliphatic rings. The number of carbonyl (C=O) groups excluding carboxylic acids is 1. The zero-order valence-corrected chi connectivity index (χ0v) is 17.1. The van der Waals surface area contributed by atoms with Gasteiger partial charge in [0, 0.05) is 24.7 Å². The predicted octanol–water partition coefficient (Wildman–Crippen LogP) is 2.58. The molecule has 1 saturated heterocycles. The normalized spacial score (nSPS) is 24.5. The highest BCUT2D eigenvalue weighted by Gasteiger charge is 2.29. The Morgan fingerprint density at radius 1 is 1.26 bits per heavy atom. The molecule has 1 aliphatic heterocycles. The minimum absolute atomic E-state index is 0.173. The number of amides is 1. The van der Waals surface area contributed by atoms with Crippen LogP contribution in [0.25, 0.3) is 0 Å². The van der Waals surface area contributed by atoms with Crippen molar-refractivity contribution in [1.82, 2.24) is 9.62 Å². The van der Waals surface area contributed by atoms with Crippen molar-refractivity contribution in [2.24, 2.45) is 5.92 Å². The first-order valence-electron chi connectivity index (χ1n) is 9.93. The van der Waals surface area contributed by atoms with E-state index in [2.05, 4.69) is 12.2 Å². The predicted molar refractivity (Wildman–Crippen MR) is 104 cm³/mol. The maximum atomic E-state index is 13.1. The number of aryl methyl sites for hydroxylation is 1. The number of sulfonamides is 1. The molecule has 2 unspecified atom stereocenters. The molecule has 1 heterocycles. The number of nitrogens with zero attached hydrogens (tertiary/aromatic N) is 1. The molecular formula is C20H30N2O4S. The molecule has 0 radical (unpaired) electrons. The van der Waals surface area contributed by atoms with Gasteiger partial charge in [-0.2, -0.15) is 4.31 Å². The molecule has 0 aromatic heterocycles. The van der Waals surface area contributed by atoms with Crippen molar-refractivity contribution in [2.75, 3.05) is 26.3 Å². The molecule has 1 N–H and O–H groups in total. The summed E-state index contributed by atoms with van der Waals surface area (Å²) in [5, 5.41) is 3.09. The largest absolute Gasteiger partial charge is 0.379 e. The Morgan fingerprint density at radius 2 is 2.00 bits per heavy atom. The van der Waals surface area contributed by atoms with E-state index in [4.69, 9.17) is 4.74 Å². The molecule has 0 bridgehead atoms. The van der Waals surface area contributed by atoms with E-state index in [1.165, 1.54) is 10.7 Å². The maximum Gasteiger partial charge on any atom is 0.251 e. The van der Waals surface area contributed by atoms with E-state index in [0.29, 0.717) is 44.2 Å². The van der Waals surface area contributed by atoms with Gasteiger partial charge in [0.15, 0.2) is 0 Å². The van der Waals surface area contributed by atoms with Crippen molar-refractivity contribution in [2.45, 2.75) is 56.9 Å². The lowest BCUT2D eigenvalue weighted by Gasteiger charge is -2.28. The standard InChI is InChI=1S/C20H30N2O4S/c1-3-16-7-8-17(20(23)21-18-6-4-5-15(2)13-18)14-19(16)27(24,25)22-9-11-26-12-10-22/h7-8,14-15,18H,3-6,9-13H2,1-2H3,(H,21,23). The van der Waals surface area contributed by atoms with Crippen LogP contribution in [0.1, 0.15) is 55.5 Å². The fourth-order valence-corrected chi connectivity index (χ4v) is 5.72. The van der Waals surface area contributed by atoms with Crippen molar-refractivity contribution in [3.63, 3.8) is 0 Å². The van der Waals surface area contributed by atoms with Gasteiger partial charge in [-0.05, 0) is 42.9 Å². The highest BCUT2D eigenvalue weighted by molar-refractivity contribution is 7.89. The quantitative estimate of drug-likeness (QED) is 0.833. The van der Waals surface area contributed by atoms with Crippen molar-refractivity contribution in [1.29, 1.82) is 0 Å². The third kappa shape index (κ3) is 4.70. The summed E-state index contributed by atoms with van der Waals surface area (Å²) in [6.45, 7) is 5.64. The average molecular weight is 395 g/mol. The van der Waals surface area contributed by atoms with Gasteiger partial charge in [-0.3, -0.25) is 4.79 Å². The van der Waals surface area contributed by atoms with Crippen molar-refractivity contribution in [3.8, 4) is 0 Å². The van der Waals surface area contributed by atoms with E-state index in [1.54, 1.807) is 18.2 Å². The monoisotopic (exact) mass is 394 g/mol. The van der Waals surface area contributed by atoms with Gasteiger partial charge in [0.05, 0.1) is 18.1 Å². The molecular weight excluding hydrogens is 364 g/mol.